The Balaban J connectivity index is -0.000000277. The molecule has 0 aliphatic rings. The molecule has 2 radical (unpaired) electrons. The minimum absolute atomic E-state index is 0. The second-order valence-corrected chi connectivity index (χ2v) is 24.1. The molecule has 8 aromatic heterocycles. The Kier molecular flexibility index (Phi) is 57.4. The zero-order valence-electron chi connectivity index (χ0n) is 55.3. The monoisotopic (exact) mass is 2130 g/mol. The molecule has 4 aromatic carbocycles. The van der Waals surface area contributed by atoms with Crippen LogP contribution >= 0.6 is 0 Å². The molecule has 12 aromatic rings. The molecule has 0 saturated carbocycles. The first-order valence-corrected chi connectivity index (χ1v) is 33.6. The Bertz CT molecular complexity index is 4310. The third kappa shape index (κ3) is 39.2. The SMILES string of the molecule is O.O.O=C([O-])c1ccccc1S(=O)(=O)[O-].O=C([O-])c1ccccc1S(=O)(=O)[O-].O=C([O-])c1ccccc1S(=O)(=O)[O-].O=C([O-])c1ccccc1S(=O)(=O)[O-].[Cu+2].[Cu+2].[O-2].[O-2].[O-2].[O-2].[U].[U].c1ccc(-c2ccccn2)nc1.c1ccc(-c2ccccn2)nc1.c1ccc(-c2ccccn2)nc1.c1ccc(-c2ccccn2)nc1. The first kappa shape index (κ1) is 111. The smallest absolute Gasteiger partial charge is 2.00 e. The molecular formula is C68H52Cu2N8O26S4U2-12. The van der Waals surface area contributed by atoms with E-state index < -0.39 is 106 Å². The number of aromatic nitrogens is 8. The number of carboxylic acid groups (broad SMARTS) is 4. The van der Waals surface area contributed by atoms with Crippen molar-refractivity contribution in [1.82, 2.24) is 39.9 Å². The van der Waals surface area contributed by atoms with Gasteiger partial charge in [-0.2, -0.15) is 0 Å². The van der Waals surface area contributed by atoms with Crippen LogP contribution < -0.4 is 20.4 Å². The van der Waals surface area contributed by atoms with Crippen molar-refractivity contribution in [2.75, 3.05) is 0 Å². The average molecular weight is 2130 g/mol. The second-order valence-electron chi connectivity index (χ2n) is 18.7. The van der Waals surface area contributed by atoms with Crippen LogP contribution in [0.3, 0.4) is 0 Å². The Hall–Kier alpha value is -9.50. The number of carboxylic acids is 4. The molecule has 0 aliphatic heterocycles. The Morgan fingerprint density at radius 3 is 0.409 bits per heavy atom. The van der Waals surface area contributed by atoms with Crippen molar-refractivity contribution in [2.24, 2.45) is 0 Å². The van der Waals surface area contributed by atoms with Gasteiger partial charge in [-0.3, -0.25) is 39.9 Å². The third-order valence-electron chi connectivity index (χ3n) is 11.9. The zero-order valence-corrected chi connectivity index (χ0v) is 68.8. The van der Waals surface area contributed by atoms with Crippen LogP contribution in [0.2, 0.25) is 0 Å². The van der Waals surface area contributed by atoms with Crippen molar-refractivity contribution < 1.29 is 221 Å². The maximum absolute atomic E-state index is 10.5. The summed E-state index contributed by atoms with van der Waals surface area (Å²) in [4.78, 5) is 71.8. The van der Waals surface area contributed by atoms with Crippen LogP contribution in [0.5, 0.6) is 0 Å². The van der Waals surface area contributed by atoms with Gasteiger partial charge < -0.3 is 90.7 Å². The van der Waals surface area contributed by atoms with Gasteiger partial charge in [0.05, 0.1) is 89.0 Å². The van der Waals surface area contributed by atoms with E-state index in [0.29, 0.717) is 0 Å². The van der Waals surface area contributed by atoms with Crippen molar-refractivity contribution in [3.05, 3.63) is 314 Å². The first-order chi connectivity index (χ1) is 47.6. The number of hydrogen-bond donors (Lipinski definition) is 0. The van der Waals surface area contributed by atoms with Gasteiger partial charge in [0.1, 0.15) is 40.5 Å². The molecule has 0 amide bonds. The van der Waals surface area contributed by atoms with Gasteiger partial charge in [0.2, 0.25) is 0 Å². The van der Waals surface area contributed by atoms with Crippen LogP contribution in [0.4, 0.5) is 0 Å². The van der Waals surface area contributed by atoms with Gasteiger partial charge in [0, 0.05) is 134 Å². The molecule has 0 bridgehead atoms. The number of nitrogens with zero attached hydrogens (tertiary/aromatic N) is 8. The summed E-state index contributed by atoms with van der Waals surface area (Å²) in [5.74, 6) is -6.74. The van der Waals surface area contributed by atoms with E-state index in [1.807, 2.05) is 146 Å². The van der Waals surface area contributed by atoms with E-state index in [9.17, 15) is 91.5 Å². The van der Waals surface area contributed by atoms with E-state index in [4.69, 9.17) is 0 Å². The molecule has 34 nitrogen and oxygen atoms in total. The van der Waals surface area contributed by atoms with Gasteiger partial charge in [-0.1, -0.05) is 121 Å². The summed E-state index contributed by atoms with van der Waals surface area (Å²) in [6.45, 7) is 0. The van der Waals surface area contributed by atoms with Gasteiger partial charge in [-0.25, -0.2) is 33.7 Å². The molecule has 42 heteroatoms. The Morgan fingerprint density at radius 1 is 0.218 bits per heavy atom. The van der Waals surface area contributed by atoms with Crippen LogP contribution in [0.1, 0.15) is 41.4 Å². The molecule has 0 saturated heterocycles. The summed E-state index contributed by atoms with van der Waals surface area (Å²) in [7, 11) is -19.0. The fourth-order valence-corrected chi connectivity index (χ4v) is 10.2. The first-order valence-electron chi connectivity index (χ1n) is 27.9. The van der Waals surface area contributed by atoms with Gasteiger partial charge >= 0.3 is 34.1 Å². The van der Waals surface area contributed by atoms with Crippen LogP contribution in [-0.4, -0.2) is 127 Å². The minimum atomic E-state index is -4.75. The zero-order chi connectivity index (χ0) is 73.1. The van der Waals surface area contributed by atoms with E-state index in [1.54, 1.807) is 49.6 Å². The average Bonchev–Trinajstić information content (AvgIpc) is 0.839. The maximum atomic E-state index is 10.5. The molecule has 0 atom stereocenters. The molecule has 0 spiro atoms. The van der Waals surface area contributed by atoms with Gasteiger partial charge in [0.25, 0.3) is 0 Å². The topological polar surface area (TPSA) is 669 Å². The van der Waals surface area contributed by atoms with E-state index in [0.717, 1.165) is 94.1 Å². The van der Waals surface area contributed by atoms with Gasteiger partial charge in [-0.15, -0.1) is 0 Å². The van der Waals surface area contributed by atoms with Crippen molar-refractivity contribution in [3.8, 4) is 45.6 Å². The molecule has 0 aliphatic carbocycles. The largest absolute Gasteiger partial charge is 2.00 e. The summed E-state index contributed by atoms with van der Waals surface area (Å²) >= 11 is 0. The van der Waals surface area contributed by atoms with E-state index in [-0.39, 0.29) is 129 Å². The van der Waals surface area contributed by atoms with Gasteiger partial charge in [-0.05, 0) is 121 Å². The fourth-order valence-electron chi connectivity index (χ4n) is 7.53. The van der Waals surface area contributed by atoms with Crippen LogP contribution in [-0.2, 0) is 96.5 Å². The standard InChI is InChI=1S/4C10H8N2.4C7H6O5S.2Cu.2H2O.4O.2U/c4*1-3-7-11-9(5-1)10-6-2-4-8-12-10;4*8-7(9)5-3-1-2-4-6(5)13(10,11)12;;;;;;;;;;/h4*1-8H;4*1-4H,(H,8,9)(H,10,11,12);;;2*1H2;;;;;;/q;;;;;;;;2*+2;;;4*-2;;/p-8. The maximum Gasteiger partial charge on any atom is 2.00 e. The molecule has 110 heavy (non-hydrogen) atoms. The molecule has 8 heterocycles. The Labute approximate surface area is 697 Å². The van der Waals surface area contributed by atoms with Crippen molar-refractivity contribution >= 4 is 64.3 Å². The summed E-state index contributed by atoms with van der Waals surface area (Å²) in [6, 6.07) is 64.3. The van der Waals surface area contributed by atoms with Crippen LogP contribution in [0, 0.1) is 62.2 Å². The van der Waals surface area contributed by atoms with Gasteiger partial charge in [0.15, 0.2) is 0 Å². The summed E-state index contributed by atoms with van der Waals surface area (Å²) in [6.07, 6.45) is 14.1. The quantitative estimate of drug-likeness (QED) is 0.125. The molecular weight excluding hydrogens is 2080 g/mol. The number of benzene rings is 4. The summed E-state index contributed by atoms with van der Waals surface area (Å²) in [5, 5.41) is 41.4. The summed E-state index contributed by atoms with van der Waals surface area (Å²) in [5.41, 5.74) is 4.87. The number of rotatable bonds is 12. The molecule has 12 rings (SSSR count). The van der Waals surface area contributed by atoms with E-state index in [1.165, 1.54) is 48.5 Å². The van der Waals surface area contributed by atoms with Crippen LogP contribution in [0.25, 0.3) is 45.6 Å². The second kappa shape index (κ2) is 56.7. The molecule has 0 unspecified atom stereocenters. The predicted octanol–water partition coefficient (Wildman–Crippen LogP) is 2.26. The fraction of sp³-hybridized carbons (Fsp3) is 0. The molecule has 586 valence electrons. The third-order valence-corrected chi connectivity index (χ3v) is 15.5. The summed E-state index contributed by atoms with van der Waals surface area (Å²) < 4.78 is 126. The van der Waals surface area contributed by atoms with Crippen molar-refractivity contribution in [1.29, 1.82) is 0 Å². The Morgan fingerprint density at radius 2 is 0.327 bits per heavy atom. The normalized spacial score (nSPS) is 9.49. The number of hydrogen-bond acceptors (Lipinski definition) is 28. The van der Waals surface area contributed by atoms with E-state index >= 15 is 0 Å². The number of carbonyl (C=O) groups is 4. The van der Waals surface area contributed by atoms with Crippen LogP contribution in [0.15, 0.2) is 312 Å². The minimum Gasteiger partial charge on any atom is -2.00 e. The van der Waals surface area contributed by atoms with E-state index in [2.05, 4.69) is 39.9 Å². The van der Waals surface area contributed by atoms with Crippen molar-refractivity contribution in [3.63, 3.8) is 0 Å². The molecule has 0 fully saturated rings. The predicted molar refractivity (Wildman–Crippen MR) is 355 cm³/mol. The number of pyridine rings is 8. The number of carbonyl (C=O) groups excluding carboxylic acids is 4. The molecule has 4 N–H and O–H groups in total. The van der Waals surface area contributed by atoms with Crippen molar-refractivity contribution in [2.45, 2.75) is 19.6 Å². The number of aromatic carboxylic acids is 4.